The Labute approximate surface area is 143 Å². The molecule has 0 spiro atoms. The third kappa shape index (κ3) is 3.89. The van der Waals surface area contributed by atoms with Crippen molar-refractivity contribution >= 4 is 28.0 Å². The summed E-state index contributed by atoms with van der Waals surface area (Å²) in [5.74, 6) is 0. The molecule has 0 N–H and O–H groups in total. The Morgan fingerprint density at radius 1 is 1.32 bits per heavy atom. The van der Waals surface area contributed by atoms with Gasteiger partial charge in [-0.1, -0.05) is 33.7 Å². The van der Waals surface area contributed by atoms with Crippen LogP contribution in [0, 0.1) is 13.8 Å². The van der Waals surface area contributed by atoms with Crippen LogP contribution in [0.2, 0.25) is 0 Å². The number of aryl methyl sites for hydroxylation is 2. The Morgan fingerprint density at radius 2 is 1.95 bits per heavy atom. The summed E-state index contributed by atoms with van der Waals surface area (Å²) < 4.78 is 3.56. The highest BCUT2D eigenvalue weighted by molar-refractivity contribution is 9.10. The number of halogens is 1. The average molecular weight is 362 g/mol. The summed E-state index contributed by atoms with van der Waals surface area (Å²) in [6, 6.07) is 4.80. The van der Waals surface area contributed by atoms with Crippen LogP contribution in [-0.2, 0) is 0 Å². The average Bonchev–Trinajstić information content (AvgIpc) is 2.87. The van der Waals surface area contributed by atoms with E-state index in [0.717, 1.165) is 17.6 Å². The fourth-order valence-electron chi connectivity index (χ4n) is 3.15. The van der Waals surface area contributed by atoms with Gasteiger partial charge in [-0.05, 0) is 64.0 Å². The van der Waals surface area contributed by atoms with E-state index in [2.05, 4.69) is 96.7 Å². The molecule has 1 unspecified atom stereocenters. The van der Waals surface area contributed by atoms with Gasteiger partial charge in [-0.25, -0.2) is 4.90 Å². The Morgan fingerprint density at radius 3 is 2.55 bits per heavy atom. The first kappa shape index (κ1) is 17.0. The highest BCUT2D eigenvalue weighted by atomic mass is 79.9. The number of hydrogen-bond acceptors (Lipinski definition) is 1. The quantitative estimate of drug-likeness (QED) is 0.549. The van der Waals surface area contributed by atoms with Gasteiger partial charge in [0, 0.05) is 4.47 Å². The van der Waals surface area contributed by atoms with Gasteiger partial charge in [0.2, 0.25) is 6.34 Å². The lowest BCUT2D eigenvalue weighted by Gasteiger charge is -2.13. The second kappa shape index (κ2) is 7.28. The molecule has 0 radical (unpaired) electrons. The van der Waals surface area contributed by atoms with Crippen molar-refractivity contribution in [2.75, 3.05) is 18.0 Å². The van der Waals surface area contributed by atoms with Crippen LogP contribution in [-0.4, -0.2) is 30.0 Å². The van der Waals surface area contributed by atoms with E-state index in [0.29, 0.717) is 6.04 Å². The third-order valence-electron chi connectivity index (χ3n) is 4.09. The molecule has 22 heavy (non-hydrogen) atoms. The van der Waals surface area contributed by atoms with Crippen molar-refractivity contribution in [1.82, 2.24) is 0 Å². The van der Waals surface area contributed by atoms with Gasteiger partial charge < -0.3 is 0 Å². The van der Waals surface area contributed by atoms with Crippen molar-refractivity contribution in [3.05, 3.63) is 51.5 Å². The minimum absolute atomic E-state index is 0.414. The van der Waals surface area contributed by atoms with Crippen LogP contribution < -0.4 is 4.90 Å². The predicted molar refractivity (Wildman–Crippen MR) is 100 cm³/mol. The van der Waals surface area contributed by atoms with Crippen LogP contribution in [0.15, 0.2) is 40.4 Å². The molecule has 1 aliphatic rings. The SMILES string of the molecule is C/C=C/C(C)=C\C(C)[N+]1=CN(c2c(C)cc(Br)cc2C)CC1. The van der Waals surface area contributed by atoms with Gasteiger partial charge in [-0.2, -0.15) is 0 Å². The van der Waals surface area contributed by atoms with Gasteiger partial charge in [0.05, 0.1) is 0 Å². The first-order valence-electron chi connectivity index (χ1n) is 7.87. The summed E-state index contributed by atoms with van der Waals surface area (Å²) in [6.07, 6.45) is 8.84. The lowest BCUT2D eigenvalue weighted by atomic mass is 10.1. The largest absolute Gasteiger partial charge is 0.258 e. The fraction of sp³-hybridized carbons (Fsp3) is 0.421. The molecule has 0 bridgehead atoms. The molecule has 1 aliphatic heterocycles. The van der Waals surface area contributed by atoms with E-state index in [9.17, 15) is 0 Å². The molecule has 2 rings (SSSR count). The van der Waals surface area contributed by atoms with E-state index >= 15 is 0 Å². The molecule has 1 aromatic rings. The van der Waals surface area contributed by atoms with E-state index in [1.807, 2.05) is 0 Å². The second-order valence-corrected chi connectivity index (χ2v) is 7.00. The van der Waals surface area contributed by atoms with Crippen molar-refractivity contribution in [3.8, 4) is 0 Å². The molecular formula is C19H26BrN2+. The maximum absolute atomic E-state index is 3.58. The summed E-state index contributed by atoms with van der Waals surface area (Å²) in [7, 11) is 0. The molecule has 0 aromatic heterocycles. The van der Waals surface area contributed by atoms with Crippen LogP contribution in [0.25, 0.3) is 0 Å². The summed E-state index contributed by atoms with van der Waals surface area (Å²) in [5.41, 5.74) is 5.29. The van der Waals surface area contributed by atoms with Crippen molar-refractivity contribution in [3.63, 3.8) is 0 Å². The van der Waals surface area contributed by atoms with Crippen molar-refractivity contribution in [2.45, 2.75) is 40.7 Å². The van der Waals surface area contributed by atoms with E-state index in [-0.39, 0.29) is 0 Å². The van der Waals surface area contributed by atoms with E-state index in [1.54, 1.807) is 0 Å². The standard InChI is InChI=1S/C19H26BrN2/c1-6-7-14(2)10-17(5)21-8-9-22(13-21)19-15(3)11-18(20)12-16(19)4/h6-7,10-13,17H,8-9H2,1-5H3/q+1/b7-6+,14-10-. The number of benzene rings is 1. The molecule has 0 saturated carbocycles. The maximum atomic E-state index is 3.58. The second-order valence-electron chi connectivity index (χ2n) is 6.09. The van der Waals surface area contributed by atoms with Gasteiger partial charge in [0.15, 0.2) is 0 Å². The summed E-state index contributed by atoms with van der Waals surface area (Å²) >= 11 is 3.58. The van der Waals surface area contributed by atoms with Crippen LogP contribution in [0.4, 0.5) is 5.69 Å². The Kier molecular flexibility index (Phi) is 5.63. The molecule has 118 valence electrons. The lowest BCUT2D eigenvalue weighted by molar-refractivity contribution is -0.537. The van der Waals surface area contributed by atoms with Gasteiger partial charge >= 0.3 is 0 Å². The van der Waals surface area contributed by atoms with Crippen LogP contribution in [0.5, 0.6) is 0 Å². The number of allylic oxidation sites excluding steroid dienone is 3. The molecule has 3 heteroatoms. The van der Waals surface area contributed by atoms with Crippen LogP contribution >= 0.6 is 15.9 Å². The summed E-state index contributed by atoms with van der Waals surface area (Å²) in [5, 5.41) is 0. The zero-order valence-electron chi connectivity index (χ0n) is 14.2. The Bertz CT molecular complexity index is 618. The summed E-state index contributed by atoms with van der Waals surface area (Å²) in [6.45, 7) is 13.0. The monoisotopic (exact) mass is 361 g/mol. The Balaban J connectivity index is 2.24. The minimum Gasteiger partial charge on any atom is -0.258 e. The normalized spacial score (nSPS) is 17.3. The predicted octanol–water partition coefficient (Wildman–Crippen LogP) is 4.84. The number of anilines is 1. The smallest absolute Gasteiger partial charge is 0.240 e. The van der Waals surface area contributed by atoms with Crippen molar-refractivity contribution in [1.29, 1.82) is 0 Å². The topological polar surface area (TPSA) is 6.25 Å². The minimum atomic E-state index is 0.414. The highest BCUT2D eigenvalue weighted by Crippen LogP contribution is 2.28. The molecule has 2 nitrogen and oxygen atoms in total. The lowest BCUT2D eigenvalue weighted by Crippen LogP contribution is -2.21. The van der Waals surface area contributed by atoms with Crippen molar-refractivity contribution in [2.24, 2.45) is 0 Å². The molecule has 0 fully saturated rings. The van der Waals surface area contributed by atoms with E-state index in [1.165, 1.54) is 22.4 Å². The maximum Gasteiger partial charge on any atom is 0.240 e. The zero-order valence-corrected chi connectivity index (χ0v) is 15.8. The zero-order chi connectivity index (χ0) is 16.3. The van der Waals surface area contributed by atoms with Gasteiger partial charge in [0.25, 0.3) is 0 Å². The first-order chi connectivity index (χ1) is 10.4. The van der Waals surface area contributed by atoms with Crippen molar-refractivity contribution < 1.29 is 4.58 Å². The van der Waals surface area contributed by atoms with Gasteiger partial charge in [0.1, 0.15) is 24.8 Å². The molecule has 1 heterocycles. The van der Waals surface area contributed by atoms with Gasteiger partial charge in [-0.15, -0.1) is 0 Å². The number of hydrogen-bond donors (Lipinski definition) is 0. The molecular weight excluding hydrogens is 336 g/mol. The van der Waals surface area contributed by atoms with Gasteiger partial charge in [-0.3, -0.25) is 4.58 Å². The molecule has 1 aromatic carbocycles. The van der Waals surface area contributed by atoms with Crippen LogP contribution in [0.3, 0.4) is 0 Å². The highest BCUT2D eigenvalue weighted by Gasteiger charge is 2.26. The molecule has 0 saturated heterocycles. The Hall–Kier alpha value is -1.35. The molecule has 1 atom stereocenters. The third-order valence-corrected chi connectivity index (χ3v) is 4.54. The van der Waals surface area contributed by atoms with E-state index < -0.39 is 0 Å². The van der Waals surface area contributed by atoms with E-state index in [4.69, 9.17) is 0 Å². The molecule has 0 amide bonds. The first-order valence-corrected chi connectivity index (χ1v) is 8.67. The van der Waals surface area contributed by atoms with Crippen LogP contribution in [0.1, 0.15) is 31.9 Å². The number of rotatable bonds is 4. The number of nitrogens with zero attached hydrogens (tertiary/aromatic N) is 2. The summed E-state index contributed by atoms with van der Waals surface area (Å²) in [4.78, 5) is 2.38. The fourth-order valence-corrected chi connectivity index (χ4v) is 3.83. The molecule has 0 aliphatic carbocycles.